The van der Waals surface area contributed by atoms with E-state index in [-0.39, 0.29) is 24.2 Å². The lowest BCUT2D eigenvalue weighted by Crippen LogP contribution is -2.51. The summed E-state index contributed by atoms with van der Waals surface area (Å²) in [5.74, 6) is -0.0236. The lowest BCUT2D eigenvalue weighted by molar-refractivity contribution is -0.138. The molecule has 6 rings (SSSR count). The summed E-state index contributed by atoms with van der Waals surface area (Å²) in [5.41, 5.74) is 0.645. The maximum Gasteiger partial charge on any atom is 0.417 e. The number of carbonyl (C=O) groups is 1. The molecule has 2 aliphatic rings. The standard InChI is InChI=1S/C23H20F4N8O/c24-16-7-15(16)22(36)34-6-5-33(12-18(34)13-8-30-31-9-13)20-3-4-28-21(32-20)17-10-29-19-2-1-14(11-35(17)19)23(25,26)27/h1-4,8-11,15-16,18H,5-7,12H2,(H,30,31)/t15-,16+,18?/m0/s1. The van der Waals surface area contributed by atoms with E-state index in [1.165, 1.54) is 22.9 Å². The van der Waals surface area contributed by atoms with Gasteiger partial charge in [0.05, 0.1) is 29.9 Å². The number of carbonyl (C=O) groups excluding carboxylic acids is 1. The zero-order valence-corrected chi connectivity index (χ0v) is 18.7. The number of anilines is 1. The van der Waals surface area contributed by atoms with Gasteiger partial charge in [-0.3, -0.25) is 14.3 Å². The number of imidazole rings is 1. The summed E-state index contributed by atoms with van der Waals surface area (Å²) in [6.07, 6.45) is 1.95. The Kier molecular flexibility index (Phi) is 5.16. The van der Waals surface area contributed by atoms with Gasteiger partial charge in [-0.05, 0) is 24.6 Å². The van der Waals surface area contributed by atoms with Gasteiger partial charge in [-0.25, -0.2) is 19.3 Å². The van der Waals surface area contributed by atoms with Crippen molar-refractivity contribution in [3.63, 3.8) is 0 Å². The predicted octanol–water partition coefficient (Wildman–Crippen LogP) is 3.28. The van der Waals surface area contributed by atoms with Gasteiger partial charge in [0.2, 0.25) is 5.91 Å². The highest BCUT2D eigenvalue weighted by molar-refractivity contribution is 5.83. The average Bonchev–Trinajstić information content (AvgIpc) is 3.26. The second kappa shape index (κ2) is 8.28. The third kappa shape index (κ3) is 3.93. The van der Waals surface area contributed by atoms with Gasteiger partial charge < -0.3 is 9.80 Å². The Morgan fingerprint density at radius 1 is 1.11 bits per heavy atom. The van der Waals surface area contributed by atoms with Crippen LogP contribution >= 0.6 is 0 Å². The van der Waals surface area contributed by atoms with Gasteiger partial charge in [0.25, 0.3) is 0 Å². The molecule has 1 aliphatic heterocycles. The number of nitrogens with zero attached hydrogens (tertiary/aromatic N) is 7. The summed E-state index contributed by atoms with van der Waals surface area (Å²) in [4.78, 5) is 29.6. The van der Waals surface area contributed by atoms with E-state index in [1.807, 2.05) is 4.90 Å². The predicted molar refractivity (Wildman–Crippen MR) is 119 cm³/mol. The van der Waals surface area contributed by atoms with Crippen LogP contribution in [-0.2, 0) is 11.0 Å². The van der Waals surface area contributed by atoms with Crippen molar-refractivity contribution in [2.75, 3.05) is 24.5 Å². The van der Waals surface area contributed by atoms with Crippen LogP contribution in [0.25, 0.3) is 17.2 Å². The van der Waals surface area contributed by atoms with Gasteiger partial charge in [0.15, 0.2) is 5.82 Å². The molecule has 13 heteroatoms. The number of fused-ring (bicyclic) bond motifs is 1. The molecule has 0 aromatic carbocycles. The minimum Gasteiger partial charge on any atom is -0.352 e. The Morgan fingerprint density at radius 3 is 2.67 bits per heavy atom. The number of piperazine rings is 1. The topological polar surface area (TPSA) is 95.3 Å². The van der Waals surface area contributed by atoms with Crippen molar-refractivity contribution in [1.82, 2.24) is 34.4 Å². The second-order valence-corrected chi connectivity index (χ2v) is 8.91. The highest BCUT2D eigenvalue weighted by Gasteiger charge is 2.48. The number of rotatable bonds is 4. The van der Waals surface area contributed by atoms with Gasteiger partial charge in [-0.1, -0.05) is 0 Å². The molecule has 0 bridgehead atoms. The van der Waals surface area contributed by atoms with E-state index < -0.39 is 23.8 Å². The van der Waals surface area contributed by atoms with Crippen molar-refractivity contribution in [1.29, 1.82) is 0 Å². The van der Waals surface area contributed by atoms with E-state index >= 15 is 0 Å². The summed E-state index contributed by atoms with van der Waals surface area (Å²) >= 11 is 0. The number of nitrogens with one attached hydrogen (secondary N) is 1. The zero-order valence-electron chi connectivity index (χ0n) is 18.7. The number of hydrogen-bond acceptors (Lipinski definition) is 6. The fraction of sp³-hybridized carbons (Fsp3) is 0.348. The number of hydrogen-bond donors (Lipinski definition) is 1. The van der Waals surface area contributed by atoms with Gasteiger partial charge in [-0.15, -0.1) is 0 Å². The fourth-order valence-corrected chi connectivity index (χ4v) is 4.58. The summed E-state index contributed by atoms with van der Waals surface area (Å²) < 4.78 is 54.7. The van der Waals surface area contributed by atoms with Gasteiger partial charge >= 0.3 is 6.18 Å². The number of H-pyrrole nitrogens is 1. The maximum atomic E-state index is 13.6. The summed E-state index contributed by atoms with van der Waals surface area (Å²) in [6, 6.07) is 3.62. The molecule has 2 fully saturated rings. The number of aromatic nitrogens is 6. The van der Waals surface area contributed by atoms with Crippen LogP contribution in [0.4, 0.5) is 23.4 Å². The van der Waals surface area contributed by atoms with Gasteiger partial charge in [-0.2, -0.15) is 18.3 Å². The Morgan fingerprint density at radius 2 is 1.94 bits per heavy atom. The van der Waals surface area contributed by atoms with Crippen LogP contribution < -0.4 is 4.90 Å². The Hall–Kier alpha value is -4.03. The lowest BCUT2D eigenvalue weighted by atomic mass is 10.0. The van der Waals surface area contributed by atoms with Crippen LogP contribution in [0.3, 0.4) is 0 Å². The van der Waals surface area contributed by atoms with Crippen molar-refractivity contribution in [3.8, 4) is 11.5 Å². The molecular formula is C23H20F4N8O. The first-order valence-electron chi connectivity index (χ1n) is 11.4. The summed E-state index contributed by atoms with van der Waals surface area (Å²) in [6.45, 7) is 1.20. The highest BCUT2D eigenvalue weighted by Crippen LogP contribution is 2.39. The van der Waals surface area contributed by atoms with Gasteiger partial charge in [0, 0.05) is 43.8 Å². The molecule has 1 saturated carbocycles. The van der Waals surface area contributed by atoms with Crippen LogP contribution in [0.1, 0.15) is 23.6 Å². The normalized spacial score (nSPS) is 22.3. The Balaban J connectivity index is 1.31. The molecule has 5 heterocycles. The van der Waals surface area contributed by atoms with Gasteiger partial charge in [0.1, 0.15) is 23.3 Å². The van der Waals surface area contributed by atoms with Crippen LogP contribution in [-0.4, -0.2) is 66.2 Å². The molecule has 186 valence electrons. The van der Waals surface area contributed by atoms with Crippen molar-refractivity contribution < 1.29 is 22.4 Å². The number of halogens is 4. The molecule has 4 aromatic rings. The second-order valence-electron chi connectivity index (χ2n) is 8.91. The number of alkyl halides is 4. The highest BCUT2D eigenvalue weighted by atomic mass is 19.4. The van der Waals surface area contributed by atoms with Crippen LogP contribution in [0.15, 0.2) is 49.2 Å². The van der Waals surface area contributed by atoms with E-state index in [0.29, 0.717) is 36.8 Å². The van der Waals surface area contributed by atoms with Crippen molar-refractivity contribution in [2.45, 2.75) is 24.8 Å². The smallest absolute Gasteiger partial charge is 0.352 e. The van der Waals surface area contributed by atoms with E-state index in [1.54, 1.807) is 23.4 Å². The van der Waals surface area contributed by atoms with E-state index in [0.717, 1.165) is 17.8 Å². The molecule has 3 atom stereocenters. The third-order valence-electron chi connectivity index (χ3n) is 6.62. The largest absolute Gasteiger partial charge is 0.417 e. The minimum absolute atomic E-state index is 0.206. The number of aromatic amines is 1. The molecular weight excluding hydrogens is 480 g/mol. The van der Waals surface area contributed by atoms with E-state index in [2.05, 4.69) is 25.1 Å². The first kappa shape index (κ1) is 22.4. The molecule has 9 nitrogen and oxygen atoms in total. The molecule has 0 radical (unpaired) electrons. The average molecular weight is 500 g/mol. The van der Waals surface area contributed by atoms with E-state index in [4.69, 9.17) is 0 Å². The Bertz CT molecular complexity index is 1420. The van der Waals surface area contributed by atoms with Crippen LogP contribution in [0.2, 0.25) is 0 Å². The van der Waals surface area contributed by atoms with Crippen LogP contribution in [0, 0.1) is 5.92 Å². The van der Waals surface area contributed by atoms with Crippen molar-refractivity contribution in [3.05, 3.63) is 60.3 Å². The molecule has 1 saturated heterocycles. The molecule has 4 aromatic heterocycles. The number of amides is 1. The summed E-state index contributed by atoms with van der Waals surface area (Å²) in [7, 11) is 0. The molecule has 1 N–H and O–H groups in total. The molecule has 0 spiro atoms. The van der Waals surface area contributed by atoms with Crippen LogP contribution in [0.5, 0.6) is 0 Å². The maximum absolute atomic E-state index is 13.6. The molecule has 1 amide bonds. The third-order valence-corrected chi connectivity index (χ3v) is 6.62. The monoisotopic (exact) mass is 500 g/mol. The molecule has 1 aliphatic carbocycles. The Labute approximate surface area is 201 Å². The number of pyridine rings is 1. The van der Waals surface area contributed by atoms with E-state index in [9.17, 15) is 22.4 Å². The first-order valence-corrected chi connectivity index (χ1v) is 11.4. The first-order chi connectivity index (χ1) is 17.3. The van der Waals surface area contributed by atoms with Crippen molar-refractivity contribution >= 4 is 17.4 Å². The zero-order chi connectivity index (χ0) is 25.0. The summed E-state index contributed by atoms with van der Waals surface area (Å²) in [5, 5.41) is 6.75. The molecule has 36 heavy (non-hydrogen) atoms. The molecule has 1 unspecified atom stereocenters. The SMILES string of the molecule is O=C([C@H]1C[C@H]1F)N1CCN(c2ccnc(-c3cnc4ccc(C(F)(F)F)cn34)n2)CC1c1cn[nH]c1. The quantitative estimate of drug-likeness (QED) is 0.432. The lowest BCUT2D eigenvalue weighted by Gasteiger charge is -2.41. The minimum atomic E-state index is -4.50. The van der Waals surface area contributed by atoms with Crippen molar-refractivity contribution in [2.24, 2.45) is 5.92 Å². The fourth-order valence-electron chi connectivity index (χ4n) is 4.58.